The molecule has 1 N–H and O–H groups in total. The summed E-state index contributed by atoms with van der Waals surface area (Å²) >= 11 is 5.98. The molecule has 0 aliphatic carbocycles. The Bertz CT molecular complexity index is 580. The van der Waals surface area contributed by atoms with Crippen LogP contribution in [0.3, 0.4) is 0 Å². The third-order valence-electron chi connectivity index (χ3n) is 3.07. The number of halogens is 2. The Labute approximate surface area is 117 Å². The van der Waals surface area contributed by atoms with Gasteiger partial charge in [-0.2, -0.15) is 0 Å². The molecule has 0 aliphatic heterocycles. The van der Waals surface area contributed by atoms with Crippen LogP contribution in [0.4, 0.5) is 4.39 Å². The number of hydrogen-bond acceptors (Lipinski definition) is 2. The van der Waals surface area contributed by atoms with Gasteiger partial charge in [0.15, 0.2) is 0 Å². The molecular formula is C15H17ClFNO. The van der Waals surface area contributed by atoms with Crippen molar-refractivity contribution in [1.29, 1.82) is 0 Å². The van der Waals surface area contributed by atoms with Crippen LogP contribution < -0.4 is 5.32 Å². The summed E-state index contributed by atoms with van der Waals surface area (Å²) in [5, 5.41) is 3.80. The van der Waals surface area contributed by atoms with E-state index in [0.717, 1.165) is 23.6 Å². The molecule has 1 heterocycles. The first-order chi connectivity index (χ1) is 9.02. The molecule has 19 heavy (non-hydrogen) atoms. The highest BCUT2D eigenvalue weighted by molar-refractivity contribution is 6.30. The lowest BCUT2D eigenvalue weighted by Gasteiger charge is -2.19. The number of hydrogen-bond donors (Lipinski definition) is 1. The van der Waals surface area contributed by atoms with E-state index in [4.69, 9.17) is 16.0 Å². The number of furan rings is 1. The van der Waals surface area contributed by atoms with Crippen LogP contribution in [0.25, 0.3) is 0 Å². The van der Waals surface area contributed by atoms with Crippen LogP contribution in [-0.2, 0) is 0 Å². The summed E-state index contributed by atoms with van der Waals surface area (Å²) in [5.74, 6) is 1.34. The predicted molar refractivity (Wildman–Crippen MR) is 75.1 cm³/mol. The van der Waals surface area contributed by atoms with Crippen molar-refractivity contribution in [2.24, 2.45) is 0 Å². The van der Waals surface area contributed by atoms with E-state index in [1.807, 2.05) is 26.8 Å². The van der Waals surface area contributed by atoms with E-state index in [-0.39, 0.29) is 11.9 Å². The SMILES string of the molecule is CCNC(c1cc(Cl)ccc1F)c1cc(C)oc1C. The second-order valence-corrected chi connectivity index (χ2v) is 4.96. The van der Waals surface area contributed by atoms with Gasteiger partial charge < -0.3 is 9.73 Å². The van der Waals surface area contributed by atoms with Crippen molar-refractivity contribution in [3.05, 3.63) is 57.8 Å². The van der Waals surface area contributed by atoms with Crippen molar-refractivity contribution in [2.45, 2.75) is 26.8 Å². The van der Waals surface area contributed by atoms with Crippen LogP contribution in [-0.4, -0.2) is 6.54 Å². The van der Waals surface area contributed by atoms with Gasteiger partial charge in [0.05, 0.1) is 6.04 Å². The molecule has 0 fully saturated rings. The largest absolute Gasteiger partial charge is 0.466 e. The zero-order valence-electron chi connectivity index (χ0n) is 11.3. The number of rotatable bonds is 4. The van der Waals surface area contributed by atoms with Crippen molar-refractivity contribution in [3.8, 4) is 0 Å². The lowest BCUT2D eigenvalue weighted by molar-refractivity contribution is 0.492. The van der Waals surface area contributed by atoms with Crippen LogP contribution in [0, 0.1) is 19.7 Å². The van der Waals surface area contributed by atoms with E-state index >= 15 is 0 Å². The molecule has 1 aromatic heterocycles. The van der Waals surface area contributed by atoms with E-state index in [0.29, 0.717) is 10.6 Å². The maximum atomic E-state index is 14.0. The summed E-state index contributed by atoms with van der Waals surface area (Å²) in [6.07, 6.45) is 0. The third-order valence-corrected chi connectivity index (χ3v) is 3.30. The van der Waals surface area contributed by atoms with Gasteiger partial charge >= 0.3 is 0 Å². The highest BCUT2D eigenvalue weighted by Crippen LogP contribution is 2.30. The second-order valence-electron chi connectivity index (χ2n) is 4.53. The van der Waals surface area contributed by atoms with Gasteiger partial charge in [-0.25, -0.2) is 4.39 Å². The molecule has 0 aliphatic rings. The first kappa shape index (κ1) is 14.1. The highest BCUT2D eigenvalue weighted by Gasteiger charge is 2.21. The quantitative estimate of drug-likeness (QED) is 0.899. The first-order valence-electron chi connectivity index (χ1n) is 6.28. The third kappa shape index (κ3) is 2.99. The van der Waals surface area contributed by atoms with Crippen molar-refractivity contribution < 1.29 is 8.81 Å². The molecule has 1 unspecified atom stereocenters. The lowest BCUT2D eigenvalue weighted by Crippen LogP contribution is -2.23. The summed E-state index contributed by atoms with van der Waals surface area (Å²) in [5.41, 5.74) is 1.48. The van der Waals surface area contributed by atoms with E-state index in [1.54, 1.807) is 12.1 Å². The van der Waals surface area contributed by atoms with Crippen LogP contribution in [0.5, 0.6) is 0 Å². The average molecular weight is 282 g/mol. The molecule has 2 aromatic rings. The molecule has 0 spiro atoms. The van der Waals surface area contributed by atoms with Crippen molar-refractivity contribution in [3.63, 3.8) is 0 Å². The second kappa shape index (κ2) is 5.76. The fraction of sp³-hybridized carbons (Fsp3) is 0.333. The molecule has 4 heteroatoms. The summed E-state index contributed by atoms with van der Waals surface area (Å²) in [6, 6.07) is 6.29. The van der Waals surface area contributed by atoms with E-state index in [2.05, 4.69) is 5.32 Å². The Morgan fingerprint density at radius 3 is 2.58 bits per heavy atom. The van der Waals surface area contributed by atoms with Crippen molar-refractivity contribution >= 4 is 11.6 Å². The minimum absolute atomic E-state index is 0.249. The van der Waals surface area contributed by atoms with Gasteiger partial charge in [-0.15, -0.1) is 0 Å². The monoisotopic (exact) mass is 281 g/mol. The first-order valence-corrected chi connectivity index (χ1v) is 6.66. The Hall–Kier alpha value is -1.32. The van der Waals surface area contributed by atoms with Crippen LogP contribution in [0.2, 0.25) is 5.02 Å². The highest BCUT2D eigenvalue weighted by atomic mass is 35.5. The van der Waals surface area contributed by atoms with E-state index in [9.17, 15) is 4.39 Å². The molecule has 0 saturated heterocycles. The van der Waals surface area contributed by atoms with Gasteiger partial charge in [0.25, 0.3) is 0 Å². The standard InChI is InChI=1S/C15H17ClFNO/c1-4-18-15(12-7-9(2)19-10(12)3)13-8-11(16)5-6-14(13)17/h5-8,15,18H,4H2,1-3H3. The normalized spacial score (nSPS) is 12.7. The Kier molecular flexibility index (Phi) is 4.27. The minimum atomic E-state index is -0.270. The molecule has 102 valence electrons. The molecular weight excluding hydrogens is 265 g/mol. The van der Waals surface area contributed by atoms with Gasteiger partial charge in [-0.1, -0.05) is 18.5 Å². The molecule has 0 saturated carbocycles. The number of aryl methyl sites for hydroxylation is 2. The van der Waals surface area contributed by atoms with Crippen LogP contribution >= 0.6 is 11.6 Å². The molecule has 2 rings (SSSR count). The van der Waals surface area contributed by atoms with E-state index < -0.39 is 0 Å². The molecule has 1 atom stereocenters. The van der Waals surface area contributed by atoms with Crippen LogP contribution in [0.1, 0.15) is 35.6 Å². The predicted octanol–water partition coefficient (Wildman–Crippen LogP) is 4.39. The summed E-state index contributed by atoms with van der Waals surface area (Å²) in [6.45, 7) is 6.47. The van der Waals surface area contributed by atoms with Gasteiger partial charge in [-0.3, -0.25) is 0 Å². The molecule has 0 bridgehead atoms. The van der Waals surface area contributed by atoms with Gasteiger partial charge in [0.2, 0.25) is 0 Å². The zero-order chi connectivity index (χ0) is 14.0. The topological polar surface area (TPSA) is 25.2 Å². The average Bonchev–Trinajstić information content (AvgIpc) is 2.69. The van der Waals surface area contributed by atoms with E-state index in [1.165, 1.54) is 6.07 Å². The lowest BCUT2D eigenvalue weighted by atomic mass is 9.98. The molecule has 0 amide bonds. The van der Waals surface area contributed by atoms with Gasteiger partial charge in [-0.05, 0) is 44.7 Å². The maximum Gasteiger partial charge on any atom is 0.128 e. The summed E-state index contributed by atoms with van der Waals surface area (Å²) < 4.78 is 19.6. The van der Waals surface area contributed by atoms with Crippen LogP contribution in [0.15, 0.2) is 28.7 Å². The molecule has 2 nitrogen and oxygen atoms in total. The summed E-state index contributed by atoms with van der Waals surface area (Å²) in [7, 11) is 0. The summed E-state index contributed by atoms with van der Waals surface area (Å²) in [4.78, 5) is 0. The minimum Gasteiger partial charge on any atom is -0.466 e. The molecule has 0 radical (unpaired) electrons. The smallest absolute Gasteiger partial charge is 0.128 e. The molecule has 1 aromatic carbocycles. The van der Waals surface area contributed by atoms with Crippen molar-refractivity contribution in [2.75, 3.05) is 6.54 Å². The van der Waals surface area contributed by atoms with Crippen molar-refractivity contribution in [1.82, 2.24) is 5.32 Å². The zero-order valence-corrected chi connectivity index (χ0v) is 12.0. The number of benzene rings is 1. The Balaban J connectivity index is 2.51. The maximum absolute atomic E-state index is 14.0. The fourth-order valence-electron chi connectivity index (χ4n) is 2.26. The van der Waals surface area contributed by atoms with Gasteiger partial charge in [0, 0.05) is 16.1 Å². The Morgan fingerprint density at radius 1 is 1.26 bits per heavy atom. The Morgan fingerprint density at radius 2 is 2.00 bits per heavy atom. The number of nitrogens with one attached hydrogen (secondary N) is 1. The fourth-order valence-corrected chi connectivity index (χ4v) is 2.45. The van der Waals surface area contributed by atoms with Gasteiger partial charge in [0.1, 0.15) is 17.3 Å².